The molecule has 96 valence electrons. The molecule has 1 atom stereocenters. The molecule has 1 nitrogen and oxygen atoms in total. The summed E-state index contributed by atoms with van der Waals surface area (Å²) in [4.78, 5) is 0. The molecule has 2 aromatic rings. The van der Waals surface area contributed by atoms with Crippen LogP contribution < -0.4 is 0 Å². The van der Waals surface area contributed by atoms with Gasteiger partial charge in [0.15, 0.2) is 0 Å². The summed E-state index contributed by atoms with van der Waals surface area (Å²) in [6, 6.07) is 18.1. The molecule has 0 fully saturated rings. The van der Waals surface area contributed by atoms with Crippen LogP contribution in [0.4, 0.5) is 0 Å². The van der Waals surface area contributed by atoms with E-state index < -0.39 is 5.60 Å². The van der Waals surface area contributed by atoms with E-state index in [1.165, 1.54) is 11.1 Å². The lowest BCUT2D eigenvalue weighted by Crippen LogP contribution is -2.27. The van der Waals surface area contributed by atoms with Crippen LogP contribution in [0.25, 0.3) is 0 Å². The maximum absolute atomic E-state index is 11.4. The molecule has 0 bridgehead atoms. The quantitative estimate of drug-likeness (QED) is 0.763. The topological polar surface area (TPSA) is 20.2 Å². The van der Waals surface area contributed by atoms with Crippen LogP contribution in [0.5, 0.6) is 0 Å². The predicted octanol–water partition coefficient (Wildman–Crippen LogP) is 3.82. The second-order valence-electron chi connectivity index (χ2n) is 5.39. The van der Waals surface area contributed by atoms with Gasteiger partial charge < -0.3 is 5.11 Å². The average Bonchev–Trinajstić information content (AvgIpc) is 2.75. The number of rotatable bonds is 1. The van der Waals surface area contributed by atoms with Gasteiger partial charge in [-0.05, 0) is 42.5 Å². The average molecular weight is 250 g/mol. The van der Waals surface area contributed by atoms with Crippen LogP contribution in [-0.2, 0) is 12.0 Å². The maximum Gasteiger partial charge on any atom is 0.137 e. The Balaban J connectivity index is 2.30. The van der Waals surface area contributed by atoms with E-state index in [4.69, 9.17) is 0 Å². The van der Waals surface area contributed by atoms with Crippen molar-refractivity contribution in [3.63, 3.8) is 0 Å². The van der Waals surface area contributed by atoms with Gasteiger partial charge in [0, 0.05) is 0 Å². The third kappa shape index (κ3) is 1.73. The molecule has 1 heteroatoms. The minimum Gasteiger partial charge on any atom is -0.376 e. The Labute approximate surface area is 114 Å². The Bertz CT molecular complexity index is 636. The molecule has 1 unspecified atom stereocenters. The van der Waals surface area contributed by atoms with Crippen LogP contribution in [0.3, 0.4) is 0 Å². The van der Waals surface area contributed by atoms with Gasteiger partial charge in [-0.1, -0.05) is 60.2 Å². The van der Waals surface area contributed by atoms with Crippen LogP contribution in [0.1, 0.15) is 30.5 Å². The Morgan fingerprint density at radius 2 is 1.58 bits per heavy atom. The van der Waals surface area contributed by atoms with Gasteiger partial charge in [-0.3, -0.25) is 0 Å². The fourth-order valence-electron chi connectivity index (χ4n) is 3.06. The highest BCUT2D eigenvalue weighted by molar-refractivity contribution is 5.56. The van der Waals surface area contributed by atoms with Crippen LogP contribution in [0, 0.1) is 0 Å². The van der Waals surface area contributed by atoms with E-state index in [2.05, 4.69) is 19.9 Å². The molecule has 2 aromatic carbocycles. The van der Waals surface area contributed by atoms with E-state index in [1.54, 1.807) is 0 Å². The lowest BCUT2D eigenvalue weighted by molar-refractivity contribution is 0.125. The molecule has 0 aliphatic heterocycles. The van der Waals surface area contributed by atoms with Crippen molar-refractivity contribution in [1.29, 1.82) is 0 Å². The van der Waals surface area contributed by atoms with E-state index in [0.29, 0.717) is 0 Å². The molecular weight excluding hydrogens is 232 g/mol. The lowest BCUT2D eigenvalue weighted by atomic mass is 9.83. The van der Waals surface area contributed by atoms with Crippen LogP contribution >= 0.6 is 0 Å². The molecule has 3 rings (SSSR count). The number of aliphatic hydroxyl groups is 1. The largest absolute Gasteiger partial charge is 0.376 e. The second-order valence-corrected chi connectivity index (χ2v) is 5.39. The van der Waals surface area contributed by atoms with Gasteiger partial charge in [0.25, 0.3) is 0 Å². The Morgan fingerprint density at radius 3 is 2.26 bits per heavy atom. The van der Waals surface area contributed by atoms with Gasteiger partial charge in [0.2, 0.25) is 0 Å². The highest BCUT2D eigenvalue weighted by Crippen LogP contribution is 2.46. The summed E-state index contributed by atoms with van der Waals surface area (Å²) < 4.78 is 0. The Hall–Kier alpha value is -1.86. The summed E-state index contributed by atoms with van der Waals surface area (Å²) in [5.41, 5.74) is 4.55. The van der Waals surface area contributed by atoms with Crippen molar-refractivity contribution in [3.05, 3.63) is 82.4 Å². The second kappa shape index (κ2) is 4.36. The molecule has 0 aromatic heterocycles. The summed E-state index contributed by atoms with van der Waals surface area (Å²) in [6.45, 7) is 4.16. The smallest absolute Gasteiger partial charge is 0.137 e. The molecule has 1 aliphatic carbocycles. The number of hydrogen-bond acceptors (Lipinski definition) is 1. The molecule has 0 saturated carbocycles. The van der Waals surface area contributed by atoms with Crippen LogP contribution in [0.15, 0.2) is 65.7 Å². The van der Waals surface area contributed by atoms with E-state index in [1.807, 2.05) is 48.5 Å². The lowest BCUT2D eigenvalue weighted by Gasteiger charge is -2.28. The van der Waals surface area contributed by atoms with E-state index in [0.717, 1.165) is 23.1 Å². The zero-order valence-electron chi connectivity index (χ0n) is 11.4. The minimum absolute atomic E-state index is 0.837. The van der Waals surface area contributed by atoms with E-state index in [-0.39, 0.29) is 0 Å². The van der Waals surface area contributed by atoms with E-state index >= 15 is 0 Å². The highest BCUT2D eigenvalue weighted by atomic mass is 16.3. The molecule has 0 saturated heterocycles. The number of fused-ring (bicyclic) bond motifs is 1. The fraction of sp³-hybridized carbons (Fsp3) is 0.222. The van der Waals surface area contributed by atoms with Gasteiger partial charge in [-0.2, -0.15) is 0 Å². The molecule has 1 aliphatic rings. The monoisotopic (exact) mass is 250 g/mol. The minimum atomic E-state index is -0.962. The summed E-state index contributed by atoms with van der Waals surface area (Å²) >= 11 is 0. The van der Waals surface area contributed by atoms with Crippen molar-refractivity contribution in [3.8, 4) is 0 Å². The third-order valence-electron chi connectivity index (χ3n) is 4.01. The van der Waals surface area contributed by atoms with Crippen molar-refractivity contribution in [1.82, 2.24) is 0 Å². The summed E-state index contributed by atoms with van der Waals surface area (Å²) in [5, 5.41) is 11.4. The first kappa shape index (κ1) is 12.2. The Kier molecular flexibility index (Phi) is 2.79. The molecule has 0 spiro atoms. The predicted molar refractivity (Wildman–Crippen MR) is 78.0 cm³/mol. The zero-order chi connectivity index (χ0) is 13.5. The molecular formula is C18H18O. The maximum atomic E-state index is 11.4. The first-order valence-corrected chi connectivity index (χ1v) is 6.67. The SMILES string of the molecule is CC(C)=C1Cc2ccccc2C1(O)c1ccccc1. The molecule has 0 amide bonds. The van der Waals surface area contributed by atoms with Crippen molar-refractivity contribution < 1.29 is 5.11 Å². The van der Waals surface area contributed by atoms with Crippen LogP contribution in [0.2, 0.25) is 0 Å². The zero-order valence-corrected chi connectivity index (χ0v) is 11.4. The van der Waals surface area contributed by atoms with Gasteiger partial charge in [-0.15, -0.1) is 0 Å². The fourth-order valence-corrected chi connectivity index (χ4v) is 3.06. The number of benzene rings is 2. The number of allylic oxidation sites excluding steroid dienone is 1. The van der Waals surface area contributed by atoms with E-state index in [9.17, 15) is 5.11 Å². The Morgan fingerprint density at radius 1 is 0.947 bits per heavy atom. The van der Waals surface area contributed by atoms with Crippen molar-refractivity contribution in [2.24, 2.45) is 0 Å². The van der Waals surface area contributed by atoms with Gasteiger partial charge in [0.05, 0.1) is 0 Å². The highest BCUT2D eigenvalue weighted by Gasteiger charge is 2.42. The van der Waals surface area contributed by atoms with Crippen molar-refractivity contribution >= 4 is 0 Å². The first-order valence-electron chi connectivity index (χ1n) is 6.67. The van der Waals surface area contributed by atoms with Gasteiger partial charge in [-0.25, -0.2) is 0 Å². The summed E-state index contributed by atoms with van der Waals surface area (Å²) in [5.74, 6) is 0. The standard InChI is InChI=1S/C18H18O/c1-13(2)17-12-14-8-6-7-11-16(14)18(17,19)15-9-4-3-5-10-15/h3-11,19H,12H2,1-2H3. The normalized spacial score (nSPS) is 21.3. The summed E-state index contributed by atoms with van der Waals surface area (Å²) in [7, 11) is 0. The van der Waals surface area contributed by atoms with Gasteiger partial charge in [0.1, 0.15) is 5.60 Å². The van der Waals surface area contributed by atoms with Crippen LogP contribution in [-0.4, -0.2) is 5.11 Å². The molecule has 0 heterocycles. The number of hydrogen-bond donors (Lipinski definition) is 1. The summed E-state index contributed by atoms with van der Waals surface area (Å²) in [6.07, 6.45) is 0.837. The van der Waals surface area contributed by atoms with Gasteiger partial charge >= 0.3 is 0 Å². The van der Waals surface area contributed by atoms with Crippen molar-refractivity contribution in [2.75, 3.05) is 0 Å². The third-order valence-corrected chi connectivity index (χ3v) is 4.01. The molecule has 0 radical (unpaired) electrons. The molecule has 19 heavy (non-hydrogen) atoms. The first-order chi connectivity index (χ1) is 9.14. The van der Waals surface area contributed by atoms with Crippen molar-refractivity contribution in [2.45, 2.75) is 25.9 Å². The molecule has 1 N–H and O–H groups in total.